The summed E-state index contributed by atoms with van der Waals surface area (Å²) in [4.78, 5) is 72.8. The van der Waals surface area contributed by atoms with Crippen molar-refractivity contribution in [3.05, 3.63) is 0 Å². The van der Waals surface area contributed by atoms with Crippen LogP contribution in [0.5, 0.6) is 0 Å². The predicted octanol–water partition coefficient (Wildman–Crippen LogP) is 25.1. The number of unbranched alkanes of at least 4 members (excludes halogenated alkanes) is 52. The quantitative estimate of drug-likeness (QED) is 0.0222. The summed E-state index contributed by atoms with van der Waals surface area (Å²) in [6.45, 7) is 9.60. The monoisotopic (exact) mass is 1490 g/mol. The summed E-state index contributed by atoms with van der Waals surface area (Å²) in [6, 6.07) is 0. The van der Waals surface area contributed by atoms with Crippen LogP contribution in [0.1, 0.15) is 440 Å². The molecule has 0 aliphatic rings. The van der Waals surface area contributed by atoms with Crippen molar-refractivity contribution in [2.45, 2.75) is 458 Å². The third-order valence-corrected chi connectivity index (χ3v) is 21.4. The maximum atomic E-state index is 13.1. The largest absolute Gasteiger partial charge is 0.472 e. The van der Waals surface area contributed by atoms with Crippen LogP contribution >= 0.6 is 15.6 Å². The molecule has 0 aliphatic carbocycles. The van der Waals surface area contributed by atoms with Crippen LogP contribution in [-0.2, 0) is 65.4 Å². The Morgan fingerprint density at radius 2 is 0.451 bits per heavy atom. The molecule has 102 heavy (non-hydrogen) atoms. The van der Waals surface area contributed by atoms with E-state index in [-0.39, 0.29) is 25.7 Å². The Morgan fingerprint density at radius 1 is 0.265 bits per heavy atom. The molecule has 0 aromatic rings. The Kier molecular flexibility index (Phi) is 73.1. The van der Waals surface area contributed by atoms with Crippen LogP contribution in [0.4, 0.5) is 0 Å². The minimum atomic E-state index is -4.96. The second-order valence-electron chi connectivity index (χ2n) is 30.8. The van der Waals surface area contributed by atoms with Crippen LogP contribution in [0.3, 0.4) is 0 Å². The van der Waals surface area contributed by atoms with Crippen molar-refractivity contribution in [3.63, 3.8) is 0 Å². The van der Waals surface area contributed by atoms with Crippen LogP contribution in [0.15, 0.2) is 0 Å². The molecule has 19 heteroatoms. The van der Waals surface area contributed by atoms with Gasteiger partial charge in [0.15, 0.2) is 12.2 Å². The molecule has 0 heterocycles. The molecular formula is C83H162O17P2. The van der Waals surface area contributed by atoms with Crippen LogP contribution < -0.4 is 0 Å². The second-order valence-corrected chi connectivity index (χ2v) is 33.7. The molecule has 5 atom stereocenters. The first-order chi connectivity index (χ1) is 49.4. The third kappa shape index (κ3) is 76.3. The van der Waals surface area contributed by atoms with Gasteiger partial charge in [0, 0.05) is 25.7 Å². The van der Waals surface area contributed by atoms with Gasteiger partial charge in [-0.2, -0.15) is 0 Å². The van der Waals surface area contributed by atoms with Gasteiger partial charge in [0.05, 0.1) is 26.4 Å². The maximum Gasteiger partial charge on any atom is 0.472 e. The summed E-state index contributed by atoms with van der Waals surface area (Å²) in [5, 5.41) is 10.6. The van der Waals surface area contributed by atoms with E-state index < -0.39 is 97.5 Å². The van der Waals surface area contributed by atoms with Crippen molar-refractivity contribution in [2.24, 2.45) is 11.8 Å². The molecule has 0 fully saturated rings. The molecule has 0 amide bonds. The molecule has 0 bridgehead atoms. The van der Waals surface area contributed by atoms with E-state index in [1.54, 1.807) is 0 Å². The molecule has 0 aliphatic heterocycles. The zero-order chi connectivity index (χ0) is 74.9. The molecule has 0 saturated heterocycles. The first-order valence-electron chi connectivity index (χ1n) is 43.0. The van der Waals surface area contributed by atoms with Gasteiger partial charge in [0.1, 0.15) is 19.3 Å². The lowest BCUT2D eigenvalue weighted by Gasteiger charge is -2.21. The number of rotatable bonds is 82. The fourth-order valence-electron chi connectivity index (χ4n) is 12.9. The number of carbonyl (C=O) groups excluding carboxylic acids is 4. The molecule has 0 aromatic carbocycles. The molecule has 606 valence electrons. The third-order valence-electron chi connectivity index (χ3n) is 19.5. The number of aliphatic hydroxyl groups excluding tert-OH is 1. The molecule has 17 nitrogen and oxygen atoms in total. The van der Waals surface area contributed by atoms with Crippen molar-refractivity contribution in [3.8, 4) is 0 Å². The highest BCUT2D eigenvalue weighted by molar-refractivity contribution is 7.47. The van der Waals surface area contributed by atoms with E-state index >= 15 is 0 Å². The van der Waals surface area contributed by atoms with Gasteiger partial charge in [0.25, 0.3) is 0 Å². The van der Waals surface area contributed by atoms with Gasteiger partial charge in [0.2, 0.25) is 0 Å². The average molecular weight is 1490 g/mol. The zero-order valence-corrected chi connectivity index (χ0v) is 68.7. The van der Waals surface area contributed by atoms with Crippen LogP contribution in [0.25, 0.3) is 0 Å². The highest BCUT2D eigenvalue weighted by atomic mass is 31.2. The summed E-state index contributed by atoms with van der Waals surface area (Å²) in [7, 11) is -9.91. The van der Waals surface area contributed by atoms with Crippen molar-refractivity contribution < 1.29 is 80.2 Å². The number of hydrogen-bond acceptors (Lipinski definition) is 15. The van der Waals surface area contributed by atoms with Gasteiger partial charge in [-0.15, -0.1) is 0 Å². The SMILES string of the molecule is CCCCCCCCCCCCCCCCCCCCCCCCC(=O)O[C@H](COC(=O)CCCCCCCCCCCCCCCCCC(C)C)COP(=O)(O)OC[C@@H](O)COP(=O)(O)OC[C@@H](COC(=O)CCCCCCC)OC(=O)CCCCCCCCCCCCCCCCC(C)C. The maximum absolute atomic E-state index is 13.1. The zero-order valence-electron chi connectivity index (χ0n) is 66.9. The standard InChI is InChI=1S/C83H162O17P2/c1-7-9-11-13-14-15-16-17-18-19-20-21-22-23-24-27-34-39-44-49-55-62-68-83(88)100-79(72-94-81(86)66-60-54-48-43-38-33-28-25-26-31-36-41-46-52-57-63-75(3)4)74-98-102(91,92)96-70-77(84)69-95-101(89,90)97-73-78(71-93-80(85)65-59-51-12-10-8-2)99-82(87)67-61-56-50-45-40-35-30-29-32-37-42-47-53-58-64-76(5)6/h75-79,84H,7-74H2,1-6H3,(H,89,90)(H,91,92)/t77-,78+,79+/m0/s1. The highest BCUT2D eigenvalue weighted by Gasteiger charge is 2.30. The number of aliphatic hydroxyl groups is 1. The van der Waals surface area contributed by atoms with Gasteiger partial charge >= 0.3 is 39.5 Å². The van der Waals surface area contributed by atoms with E-state index in [4.69, 9.17) is 37.0 Å². The van der Waals surface area contributed by atoms with Gasteiger partial charge < -0.3 is 33.8 Å². The predicted molar refractivity (Wildman–Crippen MR) is 418 cm³/mol. The average Bonchev–Trinajstić information content (AvgIpc) is 0.913. The second kappa shape index (κ2) is 74.5. The van der Waals surface area contributed by atoms with Crippen LogP contribution in [0.2, 0.25) is 0 Å². The molecule has 0 aromatic heterocycles. The normalized spacial score (nSPS) is 13.9. The Hall–Kier alpha value is -1.94. The number of ether oxygens (including phenoxy) is 4. The lowest BCUT2D eigenvalue weighted by molar-refractivity contribution is -0.161. The molecule has 0 spiro atoms. The summed E-state index contributed by atoms with van der Waals surface area (Å²) >= 11 is 0. The molecule has 0 radical (unpaired) electrons. The van der Waals surface area contributed by atoms with Crippen molar-refractivity contribution >= 4 is 39.5 Å². The Balaban J connectivity index is 5.11. The number of phosphoric ester groups is 2. The van der Waals surface area contributed by atoms with E-state index in [1.165, 1.54) is 250 Å². The van der Waals surface area contributed by atoms with E-state index in [2.05, 4.69) is 41.5 Å². The fourth-order valence-corrected chi connectivity index (χ4v) is 14.5. The molecule has 2 unspecified atom stereocenters. The van der Waals surface area contributed by atoms with Crippen molar-refractivity contribution in [1.82, 2.24) is 0 Å². The summed E-state index contributed by atoms with van der Waals surface area (Å²) in [5.74, 6) is -0.517. The van der Waals surface area contributed by atoms with Gasteiger partial charge in [-0.25, -0.2) is 9.13 Å². The molecule has 0 rings (SSSR count). The highest BCUT2D eigenvalue weighted by Crippen LogP contribution is 2.45. The van der Waals surface area contributed by atoms with E-state index in [0.717, 1.165) is 108 Å². The molecule has 0 saturated carbocycles. The first-order valence-corrected chi connectivity index (χ1v) is 46.0. The van der Waals surface area contributed by atoms with Crippen LogP contribution in [0, 0.1) is 11.8 Å². The molecule has 3 N–H and O–H groups in total. The first kappa shape index (κ1) is 100. The Bertz CT molecular complexity index is 1960. The minimum Gasteiger partial charge on any atom is -0.462 e. The van der Waals surface area contributed by atoms with Gasteiger partial charge in [-0.3, -0.25) is 37.3 Å². The molecular weight excluding hydrogens is 1330 g/mol. The van der Waals surface area contributed by atoms with Gasteiger partial charge in [-0.05, 0) is 37.5 Å². The van der Waals surface area contributed by atoms with Gasteiger partial charge in [-0.1, -0.05) is 388 Å². The lowest BCUT2D eigenvalue weighted by Crippen LogP contribution is -2.30. The van der Waals surface area contributed by atoms with Crippen molar-refractivity contribution in [2.75, 3.05) is 39.6 Å². The van der Waals surface area contributed by atoms with E-state index in [9.17, 15) is 43.2 Å². The lowest BCUT2D eigenvalue weighted by atomic mass is 10.0. The smallest absolute Gasteiger partial charge is 0.462 e. The number of esters is 4. The Morgan fingerprint density at radius 3 is 0.667 bits per heavy atom. The topological polar surface area (TPSA) is 237 Å². The summed E-state index contributed by atoms with van der Waals surface area (Å²) in [5.41, 5.74) is 0. The number of hydrogen-bond donors (Lipinski definition) is 3. The van der Waals surface area contributed by atoms with E-state index in [0.29, 0.717) is 25.7 Å². The van der Waals surface area contributed by atoms with Crippen molar-refractivity contribution in [1.29, 1.82) is 0 Å². The van der Waals surface area contributed by atoms with Crippen LogP contribution in [-0.4, -0.2) is 96.7 Å². The number of carbonyl (C=O) groups is 4. The Labute approximate surface area is 626 Å². The van der Waals surface area contributed by atoms with E-state index in [1.807, 2.05) is 0 Å². The summed E-state index contributed by atoms with van der Waals surface area (Å²) < 4.78 is 68.5. The minimum absolute atomic E-state index is 0.107. The summed E-state index contributed by atoms with van der Waals surface area (Å²) in [6.07, 6.45) is 65.8. The number of phosphoric acid groups is 2. The fraction of sp³-hybridized carbons (Fsp3) is 0.952.